The highest BCUT2D eigenvalue weighted by Crippen LogP contribution is 2.42. The molecule has 0 spiro atoms. The zero-order valence-corrected chi connectivity index (χ0v) is 7.79. The minimum absolute atomic E-state index is 0.204. The van der Waals surface area contributed by atoms with Crippen LogP contribution >= 0.6 is 0 Å². The van der Waals surface area contributed by atoms with Gasteiger partial charge in [-0.05, 0) is 19.3 Å². The lowest BCUT2D eigenvalue weighted by Crippen LogP contribution is -2.23. The summed E-state index contributed by atoms with van der Waals surface area (Å²) in [6, 6.07) is 0. The predicted octanol–water partition coefficient (Wildman–Crippen LogP) is 2.11. The monoisotopic (exact) mass is 216 g/mol. The van der Waals surface area contributed by atoms with E-state index in [2.05, 4.69) is 0 Å². The maximum Gasteiger partial charge on any atom is 0.302 e. The lowest BCUT2D eigenvalue weighted by atomic mass is 10.0. The SMILES string of the molecule is O=S(=O)(F)CCC1CCCC1(F)F. The molecule has 1 rings (SSSR count). The normalized spacial score (nSPS) is 27.8. The molecule has 1 aliphatic rings. The molecular weight excluding hydrogens is 205 g/mol. The number of hydrogen-bond acceptors (Lipinski definition) is 2. The van der Waals surface area contributed by atoms with E-state index in [4.69, 9.17) is 0 Å². The fraction of sp³-hybridized carbons (Fsp3) is 1.00. The molecule has 13 heavy (non-hydrogen) atoms. The second kappa shape index (κ2) is 3.48. The van der Waals surface area contributed by atoms with Crippen molar-refractivity contribution < 1.29 is 21.1 Å². The first-order chi connectivity index (χ1) is 5.81. The molecule has 1 aliphatic carbocycles. The van der Waals surface area contributed by atoms with Crippen molar-refractivity contribution in [3.05, 3.63) is 0 Å². The van der Waals surface area contributed by atoms with Crippen LogP contribution in [0.15, 0.2) is 0 Å². The highest BCUT2D eigenvalue weighted by molar-refractivity contribution is 7.86. The van der Waals surface area contributed by atoms with Gasteiger partial charge in [-0.3, -0.25) is 0 Å². The molecule has 0 N–H and O–H groups in total. The van der Waals surface area contributed by atoms with Crippen LogP contribution in [0.4, 0.5) is 12.7 Å². The second-order valence-electron chi connectivity index (χ2n) is 3.38. The third kappa shape index (κ3) is 3.17. The molecule has 2 nitrogen and oxygen atoms in total. The average molecular weight is 216 g/mol. The van der Waals surface area contributed by atoms with E-state index in [1.165, 1.54) is 0 Å². The maximum absolute atomic E-state index is 12.9. The third-order valence-electron chi connectivity index (χ3n) is 2.37. The standard InChI is InChI=1S/C7H11F3O2S/c8-7(9)4-1-2-6(7)3-5-13(10,11)12/h6H,1-5H2. The molecule has 0 saturated heterocycles. The predicted molar refractivity (Wildman–Crippen MR) is 41.8 cm³/mol. The van der Waals surface area contributed by atoms with Gasteiger partial charge in [-0.25, -0.2) is 8.78 Å². The maximum atomic E-state index is 12.9. The number of hydrogen-bond donors (Lipinski definition) is 0. The van der Waals surface area contributed by atoms with Crippen LogP contribution in [0.3, 0.4) is 0 Å². The molecule has 0 aromatic carbocycles. The van der Waals surface area contributed by atoms with Crippen LogP contribution in [0, 0.1) is 5.92 Å². The largest absolute Gasteiger partial charge is 0.302 e. The van der Waals surface area contributed by atoms with E-state index < -0.39 is 27.8 Å². The molecule has 0 aromatic rings. The summed E-state index contributed by atoms with van der Waals surface area (Å²) in [4.78, 5) is 0. The Kier molecular flexibility index (Phi) is 2.89. The van der Waals surface area contributed by atoms with Gasteiger partial charge in [-0.15, -0.1) is 3.89 Å². The molecule has 0 aromatic heterocycles. The molecule has 0 bridgehead atoms. The van der Waals surface area contributed by atoms with Gasteiger partial charge in [-0.1, -0.05) is 0 Å². The first-order valence-electron chi connectivity index (χ1n) is 4.11. The summed E-state index contributed by atoms with van der Waals surface area (Å²) in [5, 5.41) is 0. The first-order valence-corrected chi connectivity index (χ1v) is 5.67. The Morgan fingerprint density at radius 3 is 2.38 bits per heavy atom. The minimum atomic E-state index is -4.60. The van der Waals surface area contributed by atoms with Crippen LogP contribution in [0.2, 0.25) is 0 Å². The van der Waals surface area contributed by atoms with E-state index in [-0.39, 0.29) is 12.8 Å². The molecule has 6 heteroatoms. The van der Waals surface area contributed by atoms with E-state index in [1.54, 1.807) is 0 Å². The van der Waals surface area contributed by atoms with Gasteiger partial charge >= 0.3 is 10.2 Å². The molecular formula is C7H11F3O2S. The van der Waals surface area contributed by atoms with E-state index >= 15 is 0 Å². The Morgan fingerprint density at radius 2 is 2.00 bits per heavy atom. The van der Waals surface area contributed by atoms with E-state index in [0.29, 0.717) is 12.8 Å². The van der Waals surface area contributed by atoms with Crippen LogP contribution in [0.25, 0.3) is 0 Å². The molecule has 0 amide bonds. The van der Waals surface area contributed by atoms with Crippen molar-refractivity contribution in [2.45, 2.75) is 31.6 Å². The van der Waals surface area contributed by atoms with E-state index in [1.807, 2.05) is 0 Å². The highest BCUT2D eigenvalue weighted by Gasteiger charge is 2.43. The summed E-state index contributed by atoms with van der Waals surface area (Å²) < 4.78 is 57.9. The zero-order valence-electron chi connectivity index (χ0n) is 6.97. The van der Waals surface area contributed by atoms with Gasteiger partial charge in [-0.2, -0.15) is 8.42 Å². The molecule has 78 valence electrons. The third-order valence-corrected chi connectivity index (χ3v) is 3.09. The Balaban J connectivity index is 2.46. The summed E-state index contributed by atoms with van der Waals surface area (Å²) in [5.74, 6) is -4.55. The molecule has 0 aliphatic heterocycles. The van der Waals surface area contributed by atoms with Crippen molar-refractivity contribution in [1.29, 1.82) is 0 Å². The van der Waals surface area contributed by atoms with Crippen molar-refractivity contribution in [2.75, 3.05) is 5.75 Å². The van der Waals surface area contributed by atoms with Gasteiger partial charge in [0.15, 0.2) is 0 Å². The molecule has 1 atom stereocenters. The number of rotatable bonds is 3. The summed E-state index contributed by atoms with van der Waals surface area (Å²) in [5.41, 5.74) is 0. The van der Waals surface area contributed by atoms with Gasteiger partial charge in [0.1, 0.15) is 0 Å². The van der Waals surface area contributed by atoms with Crippen molar-refractivity contribution in [3.8, 4) is 0 Å². The van der Waals surface area contributed by atoms with E-state index in [0.717, 1.165) is 0 Å². The Hall–Kier alpha value is -0.260. The minimum Gasteiger partial charge on any atom is -0.207 e. The summed E-state index contributed by atoms with van der Waals surface area (Å²) in [6.45, 7) is 0. The van der Waals surface area contributed by atoms with Gasteiger partial charge in [0.25, 0.3) is 5.92 Å². The first kappa shape index (κ1) is 10.8. The van der Waals surface area contributed by atoms with Crippen LogP contribution < -0.4 is 0 Å². The fourth-order valence-electron chi connectivity index (χ4n) is 1.64. The smallest absolute Gasteiger partial charge is 0.207 e. The topological polar surface area (TPSA) is 34.1 Å². The number of alkyl halides is 2. The Labute approximate surface area is 75.3 Å². The summed E-state index contributed by atoms with van der Waals surface area (Å²) >= 11 is 0. The summed E-state index contributed by atoms with van der Waals surface area (Å²) in [6.07, 6.45) is 0.211. The number of halogens is 3. The average Bonchev–Trinajstić information content (AvgIpc) is 2.23. The Bertz CT molecular complexity index is 273. The molecule has 0 radical (unpaired) electrons. The lowest BCUT2D eigenvalue weighted by Gasteiger charge is -2.17. The van der Waals surface area contributed by atoms with Crippen LogP contribution in [0.1, 0.15) is 25.7 Å². The van der Waals surface area contributed by atoms with Crippen molar-refractivity contribution in [3.63, 3.8) is 0 Å². The fourth-order valence-corrected chi connectivity index (χ4v) is 2.20. The molecule has 0 heterocycles. The molecule has 1 fully saturated rings. The molecule has 1 saturated carbocycles. The van der Waals surface area contributed by atoms with Gasteiger partial charge in [0.2, 0.25) is 0 Å². The molecule has 1 unspecified atom stereocenters. The van der Waals surface area contributed by atoms with Crippen molar-refractivity contribution in [1.82, 2.24) is 0 Å². The highest BCUT2D eigenvalue weighted by atomic mass is 32.3. The second-order valence-corrected chi connectivity index (χ2v) is 4.87. The van der Waals surface area contributed by atoms with Crippen LogP contribution in [-0.2, 0) is 10.2 Å². The van der Waals surface area contributed by atoms with Gasteiger partial charge in [0, 0.05) is 12.3 Å². The quantitative estimate of drug-likeness (QED) is 0.677. The van der Waals surface area contributed by atoms with Gasteiger partial charge in [0.05, 0.1) is 5.75 Å². The van der Waals surface area contributed by atoms with Gasteiger partial charge < -0.3 is 0 Å². The lowest BCUT2D eigenvalue weighted by molar-refractivity contribution is -0.0374. The van der Waals surface area contributed by atoms with Crippen LogP contribution in [0.5, 0.6) is 0 Å². The zero-order chi connectivity index (χ0) is 10.1. The van der Waals surface area contributed by atoms with Crippen molar-refractivity contribution >= 4 is 10.2 Å². The van der Waals surface area contributed by atoms with E-state index in [9.17, 15) is 21.1 Å². The van der Waals surface area contributed by atoms with Crippen LogP contribution in [-0.4, -0.2) is 20.1 Å². The van der Waals surface area contributed by atoms with Crippen molar-refractivity contribution in [2.24, 2.45) is 5.92 Å². The Morgan fingerprint density at radius 1 is 1.38 bits per heavy atom. The summed E-state index contributed by atoms with van der Waals surface area (Å²) in [7, 11) is -4.60.